The van der Waals surface area contributed by atoms with E-state index in [1.54, 1.807) is 19.9 Å². The van der Waals surface area contributed by atoms with Gasteiger partial charge in [0.25, 0.3) is 0 Å². The van der Waals surface area contributed by atoms with Crippen LogP contribution in [0.1, 0.15) is 42.9 Å². The maximum atomic E-state index is 11.9. The van der Waals surface area contributed by atoms with Crippen LogP contribution in [0, 0.1) is 0 Å². The minimum Gasteiger partial charge on any atom is -0.504 e. The normalized spacial score (nSPS) is 17.3. The molecule has 0 fully saturated rings. The molecule has 0 aromatic heterocycles. The number of halogens is 4. The van der Waals surface area contributed by atoms with E-state index in [4.69, 9.17) is 51.1 Å². The second kappa shape index (κ2) is 10.7. The highest BCUT2D eigenvalue weighted by atomic mass is 35.5. The first kappa shape index (κ1) is 27.2. The van der Waals surface area contributed by atoms with Crippen molar-refractivity contribution in [3.05, 3.63) is 44.9 Å². The lowest BCUT2D eigenvalue weighted by Gasteiger charge is -2.22. The van der Waals surface area contributed by atoms with Crippen LogP contribution in [-0.4, -0.2) is 45.4 Å². The van der Waals surface area contributed by atoms with E-state index in [0.717, 1.165) is 0 Å². The molecule has 2 aromatic carbocycles. The lowest BCUT2D eigenvalue weighted by Crippen LogP contribution is -2.42. The summed E-state index contributed by atoms with van der Waals surface area (Å²) in [5, 5.41) is 25.5. The quantitative estimate of drug-likeness (QED) is 0.252. The van der Waals surface area contributed by atoms with Gasteiger partial charge in [0.15, 0.2) is 5.75 Å². The van der Waals surface area contributed by atoms with Crippen LogP contribution in [0.15, 0.2) is 18.2 Å². The van der Waals surface area contributed by atoms with Crippen molar-refractivity contribution in [2.24, 2.45) is 0 Å². The number of alkyl halides is 2. The number of nitrogens with one attached hydrogen (secondary N) is 2. The first-order chi connectivity index (χ1) is 16.5. The predicted octanol–water partition coefficient (Wildman–Crippen LogP) is 5.37. The Morgan fingerprint density at radius 2 is 1.60 bits per heavy atom. The van der Waals surface area contributed by atoms with Crippen molar-refractivity contribution in [3.8, 4) is 11.5 Å². The summed E-state index contributed by atoms with van der Waals surface area (Å²) in [6.45, 7) is 3.51. The summed E-state index contributed by atoms with van der Waals surface area (Å²) in [4.78, 5) is 35.6. The van der Waals surface area contributed by atoms with E-state index < -0.39 is 29.3 Å². The van der Waals surface area contributed by atoms with Crippen LogP contribution in [-0.2, 0) is 20.8 Å². The minimum atomic E-state index is -1.44. The highest BCUT2D eigenvalue weighted by Crippen LogP contribution is 2.49. The maximum Gasteiger partial charge on any atom is 0.348 e. The Labute approximate surface area is 221 Å². The molecule has 0 saturated heterocycles. The zero-order chi connectivity index (χ0) is 26.1. The standard InChI is InChI=1S/C23H22Cl4N2O6/c1-3-23(22(33)34)7-12-4-13(18(26)19(27)21(12)35-23)10(2)11-5-14(28-16(30)8-24)20(32)15(6-11)29-17(31)9-25/h4-6,10,32H,3,7-9H2,1-2H3,(H,28,30)(H,29,31)(H,33,34). The van der Waals surface area contributed by atoms with E-state index in [1.807, 2.05) is 0 Å². The summed E-state index contributed by atoms with van der Waals surface area (Å²) in [7, 11) is 0. The summed E-state index contributed by atoms with van der Waals surface area (Å²) < 4.78 is 5.75. The topological polar surface area (TPSA) is 125 Å². The van der Waals surface area contributed by atoms with Crippen LogP contribution in [0.2, 0.25) is 10.0 Å². The van der Waals surface area contributed by atoms with E-state index in [1.165, 1.54) is 12.1 Å². The average Bonchev–Trinajstić information content (AvgIpc) is 3.23. The SMILES string of the molecule is CCC1(C(=O)O)Cc2cc(C(C)c3cc(NC(=O)CCl)c(O)c(NC(=O)CCl)c3)c(Cl)c(Cl)c2O1. The molecule has 2 atom stereocenters. The zero-order valence-corrected chi connectivity index (χ0v) is 21.7. The monoisotopic (exact) mass is 562 g/mol. The van der Waals surface area contributed by atoms with Crippen LogP contribution in [0.25, 0.3) is 0 Å². The summed E-state index contributed by atoms with van der Waals surface area (Å²) in [5.41, 5.74) is 0.310. The number of phenols is 1. The molecule has 0 bridgehead atoms. The molecule has 35 heavy (non-hydrogen) atoms. The molecule has 2 amide bonds. The van der Waals surface area contributed by atoms with E-state index in [0.29, 0.717) is 16.7 Å². The Morgan fingerprint density at radius 1 is 1.06 bits per heavy atom. The number of fused-ring (bicyclic) bond motifs is 1. The van der Waals surface area contributed by atoms with Gasteiger partial charge in [0.05, 0.1) is 16.4 Å². The lowest BCUT2D eigenvalue weighted by atomic mass is 9.88. The van der Waals surface area contributed by atoms with Crippen molar-refractivity contribution in [2.45, 2.75) is 38.2 Å². The van der Waals surface area contributed by atoms with Crippen LogP contribution >= 0.6 is 46.4 Å². The van der Waals surface area contributed by atoms with Gasteiger partial charge in [-0.15, -0.1) is 23.2 Å². The highest BCUT2D eigenvalue weighted by molar-refractivity contribution is 6.43. The Hall–Kier alpha value is -2.39. The second-order valence-corrected chi connectivity index (χ2v) is 9.35. The van der Waals surface area contributed by atoms with Gasteiger partial charge in [0.2, 0.25) is 17.4 Å². The smallest absolute Gasteiger partial charge is 0.348 e. The van der Waals surface area contributed by atoms with E-state index >= 15 is 0 Å². The molecule has 3 rings (SSSR count). The third kappa shape index (κ3) is 5.26. The van der Waals surface area contributed by atoms with Crippen molar-refractivity contribution in [2.75, 3.05) is 22.4 Å². The molecule has 4 N–H and O–H groups in total. The largest absolute Gasteiger partial charge is 0.504 e. The summed E-state index contributed by atoms with van der Waals surface area (Å²) in [5.74, 6) is -3.55. The zero-order valence-electron chi connectivity index (χ0n) is 18.7. The van der Waals surface area contributed by atoms with Gasteiger partial charge in [-0.3, -0.25) is 9.59 Å². The number of carboxylic acids is 1. The number of aromatic hydroxyl groups is 1. The molecule has 0 saturated carbocycles. The van der Waals surface area contributed by atoms with E-state index in [2.05, 4.69) is 10.6 Å². The van der Waals surface area contributed by atoms with Gasteiger partial charge < -0.3 is 25.6 Å². The summed E-state index contributed by atoms with van der Waals surface area (Å²) in [6.07, 6.45) is 0.329. The lowest BCUT2D eigenvalue weighted by molar-refractivity contribution is -0.154. The van der Waals surface area contributed by atoms with Crippen LogP contribution in [0.3, 0.4) is 0 Å². The summed E-state index contributed by atoms with van der Waals surface area (Å²) >= 11 is 24.2. The Balaban J connectivity index is 2.11. The number of rotatable bonds is 8. The van der Waals surface area contributed by atoms with Crippen LogP contribution < -0.4 is 15.4 Å². The third-order valence-corrected chi connectivity index (χ3v) is 7.24. The number of hydrogen-bond donors (Lipinski definition) is 4. The first-order valence-corrected chi connectivity index (χ1v) is 12.3. The number of carbonyl (C=O) groups excluding carboxylic acids is 2. The number of anilines is 2. The van der Waals surface area contributed by atoms with Crippen molar-refractivity contribution in [3.63, 3.8) is 0 Å². The van der Waals surface area contributed by atoms with Gasteiger partial charge in [-0.2, -0.15) is 0 Å². The fraction of sp³-hybridized carbons (Fsp3) is 0.348. The number of carbonyl (C=O) groups is 3. The molecular formula is C23H22Cl4N2O6. The maximum absolute atomic E-state index is 11.9. The molecule has 12 heteroatoms. The van der Waals surface area contributed by atoms with Gasteiger partial charge in [0, 0.05) is 17.9 Å². The van der Waals surface area contributed by atoms with Crippen molar-refractivity contribution < 1.29 is 29.3 Å². The molecular weight excluding hydrogens is 542 g/mol. The number of hydrogen-bond acceptors (Lipinski definition) is 5. The molecule has 1 heterocycles. The van der Waals surface area contributed by atoms with Gasteiger partial charge in [0.1, 0.15) is 22.5 Å². The van der Waals surface area contributed by atoms with Crippen molar-refractivity contribution in [1.82, 2.24) is 0 Å². The molecule has 2 aromatic rings. The molecule has 0 aliphatic carbocycles. The number of amides is 2. The van der Waals surface area contributed by atoms with Gasteiger partial charge >= 0.3 is 5.97 Å². The fourth-order valence-electron chi connectivity index (χ4n) is 3.89. The molecule has 2 unspecified atom stereocenters. The first-order valence-electron chi connectivity index (χ1n) is 10.5. The summed E-state index contributed by atoms with van der Waals surface area (Å²) in [6, 6.07) is 4.76. The number of aliphatic carboxylic acids is 1. The van der Waals surface area contributed by atoms with Gasteiger partial charge in [-0.25, -0.2) is 4.79 Å². The van der Waals surface area contributed by atoms with E-state index in [9.17, 15) is 24.6 Å². The molecule has 0 radical (unpaired) electrons. The number of ether oxygens (including phenoxy) is 1. The second-order valence-electron chi connectivity index (χ2n) is 8.06. The molecule has 0 spiro atoms. The Kier molecular flexibility index (Phi) is 8.32. The molecule has 1 aliphatic rings. The van der Waals surface area contributed by atoms with Gasteiger partial charge in [-0.1, -0.05) is 37.0 Å². The average molecular weight is 564 g/mol. The van der Waals surface area contributed by atoms with Crippen LogP contribution in [0.5, 0.6) is 11.5 Å². The van der Waals surface area contributed by atoms with Crippen molar-refractivity contribution >= 4 is 75.6 Å². The third-order valence-electron chi connectivity index (χ3n) is 5.89. The molecule has 1 aliphatic heterocycles. The molecule has 8 nitrogen and oxygen atoms in total. The van der Waals surface area contributed by atoms with Gasteiger partial charge in [-0.05, 0) is 35.7 Å². The van der Waals surface area contributed by atoms with Crippen LogP contribution in [0.4, 0.5) is 11.4 Å². The minimum absolute atomic E-state index is 0.0208. The fourth-order valence-corrected chi connectivity index (χ4v) is 4.60. The molecule has 188 valence electrons. The predicted molar refractivity (Wildman–Crippen MR) is 136 cm³/mol. The van der Waals surface area contributed by atoms with Crippen molar-refractivity contribution in [1.29, 1.82) is 0 Å². The number of benzene rings is 2. The van der Waals surface area contributed by atoms with E-state index in [-0.39, 0.29) is 57.5 Å². The number of phenolic OH excluding ortho intramolecular Hbond substituents is 1. The Bertz CT molecular complexity index is 1170. The highest BCUT2D eigenvalue weighted by Gasteiger charge is 2.46. The Morgan fingerprint density at radius 3 is 2.06 bits per heavy atom. The number of carboxylic acid groups (broad SMARTS) is 1.